The molecule has 1 aliphatic rings. The van der Waals surface area contributed by atoms with Gasteiger partial charge in [0.15, 0.2) is 6.10 Å². The Morgan fingerprint density at radius 2 is 1.88 bits per heavy atom. The van der Waals surface area contributed by atoms with Crippen molar-refractivity contribution in [1.82, 2.24) is 5.32 Å². The van der Waals surface area contributed by atoms with Gasteiger partial charge in [0.05, 0.1) is 0 Å². The number of carbonyl (C=O) groups is 2. The lowest BCUT2D eigenvalue weighted by Crippen LogP contribution is -2.44. The molecule has 2 aromatic rings. The summed E-state index contributed by atoms with van der Waals surface area (Å²) in [7, 11) is 0. The number of hydrogen-bond donors (Lipinski definition) is 2. The molecular formula is C19H21NO6. The Labute approximate surface area is 150 Å². The number of carbonyl (C=O) groups excluding carboxylic acids is 1. The van der Waals surface area contributed by atoms with Crippen LogP contribution in [0.4, 0.5) is 0 Å². The summed E-state index contributed by atoms with van der Waals surface area (Å²) in [6.07, 6.45) is 2.74. The molecule has 1 aromatic heterocycles. The number of hydrogen-bond acceptors (Lipinski definition) is 5. The zero-order valence-electron chi connectivity index (χ0n) is 14.7. The van der Waals surface area contributed by atoms with Gasteiger partial charge in [0.2, 0.25) is 0 Å². The highest BCUT2D eigenvalue weighted by Gasteiger charge is 2.21. The molecule has 0 radical (unpaired) electrons. The summed E-state index contributed by atoms with van der Waals surface area (Å²) >= 11 is 0. The quantitative estimate of drug-likeness (QED) is 0.791. The molecule has 1 heterocycles. The third-order valence-electron chi connectivity index (χ3n) is 4.61. The zero-order valence-corrected chi connectivity index (χ0v) is 14.7. The van der Waals surface area contributed by atoms with Gasteiger partial charge in [0.1, 0.15) is 17.4 Å². The van der Waals surface area contributed by atoms with Gasteiger partial charge in [-0.05, 0) is 57.2 Å². The molecule has 1 aromatic carbocycles. The van der Waals surface area contributed by atoms with Crippen LogP contribution < -0.4 is 15.7 Å². The van der Waals surface area contributed by atoms with E-state index in [0.29, 0.717) is 11.3 Å². The zero-order chi connectivity index (χ0) is 18.8. The molecule has 1 unspecified atom stereocenters. The van der Waals surface area contributed by atoms with Gasteiger partial charge in [-0.25, -0.2) is 4.79 Å². The molecule has 0 bridgehead atoms. The predicted octanol–water partition coefficient (Wildman–Crippen LogP) is 2.03. The van der Waals surface area contributed by atoms with Crippen LogP contribution in [0.1, 0.15) is 37.8 Å². The monoisotopic (exact) mass is 359 g/mol. The van der Waals surface area contributed by atoms with Crippen molar-refractivity contribution in [2.45, 2.75) is 51.7 Å². The molecule has 0 saturated heterocycles. The first-order chi connectivity index (χ1) is 12.4. The predicted molar refractivity (Wildman–Crippen MR) is 94.5 cm³/mol. The normalized spacial score (nSPS) is 15.8. The Kier molecular flexibility index (Phi) is 4.97. The van der Waals surface area contributed by atoms with Gasteiger partial charge in [0, 0.05) is 17.0 Å². The van der Waals surface area contributed by atoms with Gasteiger partial charge in [-0.2, -0.15) is 0 Å². The Hall–Kier alpha value is -2.83. The molecule has 138 valence electrons. The van der Waals surface area contributed by atoms with Crippen molar-refractivity contribution in [3.05, 3.63) is 39.7 Å². The number of carboxylic acids is 1. The Morgan fingerprint density at radius 3 is 2.58 bits per heavy atom. The summed E-state index contributed by atoms with van der Waals surface area (Å²) in [5.41, 5.74) is 1.91. The first-order valence-electron chi connectivity index (χ1n) is 8.65. The van der Waals surface area contributed by atoms with E-state index in [1.165, 1.54) is 13.8 Å². The van der Waals surface area contributed by atoms with E-state index in [-0.39, 0.29) is 5.63 Å². The second kappa shape index (κ2) is 7.19. The van der Waals surface area contributed by atoms with Gasteiger partial charge in [-0.1, -0.05) is 0 Å². The van der Waals surface area contributed by atoms with Gasteiger partial charge < -0.3 is 19.6 Å². The Bertz CT molecular complexity index is 916. The lowest BCUT2D eigenvalue weighted by atomic mass is 9.91. The average molecular weight is 359 g/mol. The highest BCUT2D eigenvalue weighted by Crippen LogP contribution is 2.29. The molecule has 0 saturated carbocycles. The molecule has 7 nitrogen and oxygen atoms in total. The van der Waals surface area contributed by atoms with Crippen molar-refractivity contribution in [1.29, 1.82) is 0 Å². The minimum Gasteiger partial charge on any atom is -0.481 e. The van der Waals surface area contributed by atoms with Crippen molar-refractivity contribution in [2.75, 3.05) is 0 Å². The second-order valence-corrected chi connectivity index (χ2v) is 6.54. The second-order valence-electron chi connectivity index (χ2n) is 6.54. The van der Waals surface area contributed by atoms with Crippen LogP contribution in [-0.4, -0.2) is 29.1 Å². The fourth-order valence-corrected chi connectivity index (χ4v) is 3.15. The van der Waals surface area contributed by atoms with Gasteiger partial charge in [-0.15, -0.1) is 0 Å². The van der Waals surface area contributed by atoms with Crippen molar-refractivity contribution >= 4 is 22.8 Å². The van der Waals surface area contributed by atoms with Crippen LogP contribution in [0.2, 0.25) is 0 Å². The summed E-state index contributed by atoms with van der Waals surface area (Å²) in [4.78, 5) is 35.0. The van der Waals surface area contributed by atoms with Crippen LogP contribution >= 0.6 is 0 Å². The summed E-state index contributed by atoms with van der Waals surface area (Å²) in [6.45, 7) is 2.90. The number of amides is 1. The molecule has 2 N–H and O–H groups in total. The molecule has 26 heavy (non-hydrogen) atoms. The molecular weight excluding hydrogens is 338 g/mol. The van der Waals surface area contributed by atoms with E-state index >= 15 is 0 Å². The summed E-state index contributed by atoms with van der Waals surface area (Å²) in [6, 6.07) is 4.15. The maximum absolute atomic E-state index is 12.2. The standard InChI is InChI=1S/C19H21NO6/c1-10(18(22)23)20-17(21)11(2)25-12-7-8-14-13-5-3-4-6-15(13)19(24)26-16(14)9-12/h7-11H,3-6H2,1-2H3,(H,20,21)(H,22,23)/t10-,11?/m0/s1. The Balaban J connectivity index is 1.82. The number of aryl methyl sites for hydroxylation is 1. The number of nitrogens with one attached hydrogen (secondary N) is 1. The van der Waals surface area contributed by atoms with Crippen LogP contribution in [-0.2, 0) is 22.4 Å². The third-order valence-corrected chi connectivity index (χ3v) is 4.61. The third kappa shape index (κ3) is 3.56. The fourth-order valence-electron chi connectivity index (χ4n) is 3.15. The van der Waals surface area contributed by atoms with Crippen LogP contribution in [0.25, 0.3) is 11.0 Å². The number of rotatable bonds is 5. The van der Waals surface area contributed by atoms with Gasteiger partial charge >= 0.3 is 11.6 Å². The van der Waals surface area contributed by atoms with Crippen LogP contribution in [0, 0.1) is 0 Å². The molecule has 0 aliphatic heterocycles. The Morgan fingerprint density at radius 1 is 1.19 bits per heavy atom. The van der Waals surface area contributed by atoms with Crippen LogP contribution in [0.15, 0.2) is 27.4 Å². The summed E-state index contributed by atoms with van der Waals surface area (Å²) in [5.74, 6) is -1.28. The number of ether oxygens (including phenoxy) is 1. The first-order valence-corrected chi connectivity index (χ1v) is 8.65. The topological polar surface area (TPSA) is 106 Å². The van der Waals surface area contributed by atoms with E-state index in [1.54, 1.807) is 12.1 Å². The minimum atomic E-state index is -1.12. The largest absolute Gasteiger partial charge is 0.481 e. The van der Waals surface area contributed by atoms with E-state index < -0.39 is 24.0 Å². The average Bonchev–Trinajstić information content (AvgIpc) is 2.61. The van der Waals surface area contributed by atoms with Gasteiger partial charge in [0.25, 0.3) is 5.91 Å². The molecule has 1 aliphatic carbocycles. The lowest BCUT2D eigenvalue weighted by Gasteiger charge is -2.18. The van der Waals surface area contributed by atoms with E-state index in [2.05, 4.69) is 5.32 Å². The molecule has 1 amide bonds. The summed E-state index contributed by atoms with van der Waals surface area (Å²) < 4.78 is 11.0. The van der Waals surface area contributed by atoms with Gasteiger partial charge in [-0.3, -0.25) is 9.59 Å². The van der Waals surface area contributed by atoms with Crippen LogP contribution in [0.5, 0.6) is 5.75 Å². The van der Waals surface area contributed by atoms with E-state index in [1.807, 2.05) is 6.07 Å². The van der Waals surface area contributed by atoms with Crippen molar-refractivity contribution in [3.8, 4) is 5.75 Å². The smallest absolute Gasteiger partial charge is 0.339 e. The number of carboxylic acid groups (broad SMARTS) is 1. The van der Waals surface area contributed by atoms with Crippen molar-refractivity contribution in [3.63, 3.8) is 0 Å². The number of aliphatic carboxylic acids is 1. The van der Waals surface area contributed by atoms with Crippen molar-refractivity contribution in [2.24, 2.45) is 0 Å². The summed E-state index contributed by atoms with van der Waals surface area (Å²) in [5, 5.41) is 12.1. The maximum Gasteiger partial charge on any atom is 0.339 e. The first kappa shape index (κ1) is 18.0. The minimum absolute atomic E-state index is 0.314. The highest BCUT2D eigenvalue weighted by molar-refractivity contribution is 5.86. The lowest BCUT2D eigenvalue weighted by molar-refractivity contribution is -0.142. The number of fused-ring (bicyclic) bond motifs is 3. The molecule has 2 atom stereocenters. The van der Waals surface area contributed by atoms with E-state index in [9.17, 15) is 14.4 Å². The molecule has 7 heteroatoms. The van der Waals surface area contributed by atoms with Crippen molar-refractivity contribution < 1.29 is 23.8 Å². The van der Waals surface area contributed by atoms with Crippen LogP contribution in [0.3, 0.4) is 0 Å². The maximum atomic E-state index is 12.2. The van der Waals surface area contributed by atoms with E-state index in [4.69, 9.17) is 14.3 Å². The molecule has 0 fully saturated rings. The van der Waals surface area contributed by atoms with E-state index in [0.717, 1.165) is 42.2 Å². The molecule has 3 rings (SSSR count). The highest BCUT2D eigenvalue weighted by atomic mass is 16.5. The fraction of sp³-hybridized carbons (Fsp3) is 0.421. The number of benzene rings is 1. The SMILES string of the molecule is CC(Oc1ccc2c3c(c(=O)oc2c1)CCCC3)C(=O)N[C@@H](C)C(=O)O. The molecule has 0 spiro atoms.